The van der Waals surface area contributed by atoms with E-state index in [-0.39, 0.29) is 5.69 Å². The molecule has 1 aliphatic carbocycles. The Kier molecular flexibility index (Phi) is 5.68. The number of benzene rings is 2. The molecule has 0 unspecified atom stereocenters. The highest BCUT2D eigenvalue weighted by Gasteiger charge is 2.31. The molecular weight excluding hydrogens is 412 g/mol. The number of hydrogen-bond donors (Lipinski definition) is 2. The van der Waals surface area contributed by atoms with Gasteiger partial charge in [0.15, 0.2) is 0 Å². The monoisotopic (exact) mass is 436 g/mol. The molecule has 1 heterocycles. The second-order valence-electron chi connectivity index (χ2n) is 8.05. The third-order valence-electron chi connectivity index (χ3n) is 5.53. The topological polar surface area (TPSA) is 53.2 Å². The normalized spacial score (nSPS) is 15.3. The van der Waals surface area contributed by atoms with Crippen LogP contribution in [-0.4, -0.2) is 30.4 Å². The molecule has 0 saturated heterocycles. The molecule has 0 bridgehead atoms. The van der Waals surface area contributed by atoms with Gasteiger partial charge < -0.3 is 19.9 Å². The van der Waals surface area contributed by atoms with E-state index in [0.29, 0.717) is 17.7 Å². The summed E-state index contributed by atoms with van der Waals surface area (Å²) < 4.78 is 55.4. The fourth-order valence-electron chi connectivity index (χ4n) is 4.04. The Morgan fingerprint density at radius 3 is 2.45 bits per heavy atom. The van der Waals surface area contributed by atoms with Crippen molar-refractivity contribution in [3.05, 3.63) is 42.0 Å². The summed E-state index contributed by atoms with van der Waals surface area (Å²) in [6.45, 7) is 0. The molecule has 9 heteroatoms. The van der Waals surface area contributed by atoms with Crippen molar-refractivity contribution >= 4 is 28.1 Å². The average Bonchev–Trinajstić information content (AvgIpc) is 3.12. The van der Waals surface area contributed by atoms with Crippen molar-refractivity contribution < 1.29 is 22.3 Å². The molecule has 4 rings (SSSR count). The van der Waals surface area contributed by atoms with E-state index in [1.807, 2.05) is 31.1 Å². The predicted molar refractivity (Wildman–Crippen MR) is 113 cm³/mol. The Hall–Kier alpha value is -2.97. The Labute approximate surface area is 177 Å². The van der Waals surface area contributed by atoms with Crippen LogP contribution in [0.15, 0.2) is 30.3 Å². The summed E-state index contributed by atoms with van der Waals surface area (Å²) in [5.41, 5.74) is 3.08. The molecule has 0 atom stereocenters. The number of imidazole rings is 1. The van der Waals surface area contributed by atoms with Gasteiger partial charge in [0.1, 0.15) is 17.4 Å². The van der Waals surface area contributed by atoms with Crippen molar-refractivity contribution in [3.8, 4) is 5.75 Å². The van der Waals surface area contributed by atoms with Crippen LogP contribution in [0.5, 0.6) is 5.75 Å². The first-order valence-corrected chi connectivity index (χ1v) is 10.2. The average molecular weight is 436 g/mol. The standard InChI is InChI=1S/C22H24F4N4O/c1-30(2)20-12-18-17(28-21(29-18)13-6-4-3-5-7-13)11-19(20)27-16-9-8-14(10-15(16)23)31-22(24,25)26/h8-13,27H,3-7H2,1-2H3,(H,28,29). The van der Waals surface area contributed by atoms with E-state index >= 15 is 0 Å². The first-order chi connectivity index (χ1) is 14.7. The minimum atomic E-state index is -4.87. The van der Waals surface area contributed by atoms with Gasteiger partial charge in [-0.3, -0.25) is 0 Å². The number of H-pyrrole nitrogens is 1. The molecule has 5 nitrogen and oxygen atoms in total. The van der Waals surface area contributed by atoms with Crippen LogP contribution < -0.4 is 15.0 Å². The number of aromatic amines is 1. The number of nitrogens with zero attached hydrogens (tertiary/aromatic N) is 2. The van der Waals surface area contributed by atoms with E-state index < -0.39 is 17.9 Å². The summed E-state index contributed by atoms with van der Waals surface area (Å²) in [5, 5.41) is 2.99. The number of halogens is 4. The van der Waals surface area contributed by atoms with Crippen molar-refractivity contribution in [2.45, 2.75) is 44.4 Å². The van der Waals surface area contributed by atoms with Gasteiger partial charge in [-0.1, -0.05) is 19.3 Å². The van der Waals surface area contributed by atoms with Crippen molar-refractivity contribution in [2.24, 2.45) is 0 Å². The largest absolute Gasteiger partial charge is 0.573 e. The van der Waals surface area contributed by atoms with Crippen molar-refractivity contribution in [1.82, 2.24) is 9.97 Å². The molecule has 0 aliphatic heterocycles. The van der Waals surface area contributed by atoms with Crippen LogP contribution in [0.1, 0.15) is 43.8 Å². The highest BCUT2D eigenvalue weighted by Crippen LogP contribution is 2.36. The maximum Gasteiger partial charge on any atom is 0.573 e. The third kappa shape index (κ3) is 4.86. The zero-order valence-corrected chi connectivity index (χ0v) is 17.3. The Morgan fingerprint density at radius 1 is 1.06 bits per heavy atom. The quantitative estimate of drug-likeness (QED) is 0.451. The minimum absolute atomic E-state index is 0.0417. The van der Waals surface area contributed by atoms with E-state index in [0.717, 1.165) is 41.5 Å². The Balaban J connectivity index is 1.65. The third-order valence-corrected chi connectivity index (χ3v) is 5.53. The van der Waals surface area contributed by atoms with Crippen LogP contribution in [0.2, 0.25) is 0 Å². The number of anilines is 3. The van der Waals surface area contributed by atoms with Gasteiger partial charge in [0.25, 0.3) is 0 Å². The molecule has 0 amide bonds. The van der Waals surface area contributed by atoms with E-state index in [2.05, 4.69) is 15.0 Å². The Morgan fingerprint density at radius 2 is 1.81 bits per heavy atom. The minimum Gasteiger partial charge on any atom is -0.406 e. The molecule has 2 aromatic carbocycles. The number of hydrogen-bond acceptors (Lipinski definition) is 4. The fraction of sp³-hybridized carbons (Fsp3) is 0.409. The van der Waals surface area contributed by atoms with Crippen LogP contribution in [0.4, 0.5) is 34.6 Å². The number of fused-ring (bicyclic) bond motifs is 1. The summed E-state index contributed by atoms with van der Waals surface area (Å²) in [5.74, 6) is -0.0740. The van der Waals surface area contributed by atoms with Gasteiger partial charge in [0.2, 0.25) is 0 Å². The van der Waals surface area contributed by atoms with Gasteiger partial charge in [-0.25, -0.2) is 9.37 Å². The van der Waals surface area contributed by atoms with Crippen LogP contribution in [0, 0.1) is 5.82 Å². The molecule has 1 aliphatic rings. The lowest BCUT2D eigenvalue weighted by atomic mass is 9.89. The highest BCUT2D eigenvalue weighted by molar-refractivity contribution is 5.90. The van der Waals surface area contributed by atoms with E-state index in [1.54, 1.807) is 0 Å². The first-order valence-electron chi connectivity index (χ1n) is 10.2. The number of ether oxygens (including phenoxy) is 1. The van der Waals surface area contributed by atoms with Gasteiger partial charge in [0.05, 0.1) is 28.1 Å². The molecule has 166 valence electrons. The summed E-state index contributed by atoms with van der Waals surface area (Å²) in [4.78, 5) is 10.1. The summed E-state index contributed by atoms with van der Waals surface area (Å²) in [6.07, 6.45) is 1.01. The zero-order valence-electron chi connectivity index (χ0n) is 17.3. The molecule has 0 radical (unpaired) electrons. The zero-order chi connectivity index (χ0) is 22.2. The Bertz CT molecular complexity index is 1070. The lowest BCUT2D eigenvalue weighted by Crippen LogP contribution is -2.17. The second-order valence-corrected chi connectivity index (χ2v) is 8.05. The SMILES string of the molecule is CN(C)c1cc2[nH]c(C3CCCCC3)nc2cc1Nc1ccc(OC(F)(F)F)cc1F. The van der Waals surface area contributed by atoms with E-state index in [1.165, 1.54) is 25.3 Å². The summed E-state index contributed by atoms with van der Waals surface area (Å²) >= 11 is 0. The molecule has 3 aromatic rings. The van der Waals surface area contributed by atoms with Gasteiger partial charge in [0, 0.05) is 26.1 Å². The maximum atomic E-state index is 14.5. The molecule has 0 spiro atoms. The van der Waals surface area contributed by atoms with Crippen molar-refractivity contribution in [2.75, 3.05) is 24.3 Å². The van der Waals surface area contributed by atoms with Crippen molar-refractivity contribution in [3.63, 3.8) is 0 Å². The second kappa shape index (κ2) is 8.28. The number of aromatic nitrogens is 2. The highest BCUT2D eigenvalue weighted by atomic mass is 19.4. The van der Waals surface area contributed by atoms with Crippen molar-refractivity contribution in [1.29, 1.82) is 0 Å². The van der Waals surface area contributed by atoms with Gasteiger partial charge in [-0.2, -0.15) is 0 Å². The molecule has 2 N–H and O–H groups in total. The summed E-state index contributed by atoms with van der Waals surface area (Å²) in [6, 6.07) is 6.77. The van der Waals surface area contributed by atoms with Gasteiger partial charge >= 0.3 is 6.36 Å². The van der Waals surface area contributed by atoms with E-state index in [9.17, 15) is 17.6 Å². The van der Waals surface area contributed by atoms with Crippen LogP contribution in [0.3, 0.4) is 0 Å². The lowest BCUT2D eigenvalue weighted by Gasteiger charge is -2.19. The molecule has 1 fully saturated rings. The number of alkyl halides is 3. The van der Waals surface area contributed by atoms with Gasteiger partial charge in [-0.15, -0.1) is 13.2 Å². The van der Waals surface area contributed by atoms with Crippen LogP contribution >= 0.6 is 0 Å². The van der Waals surface area contributed by atoms with Crippen LogP contribution in [0.25, 0.3) is 11.0 Å². The first kappa shape index (κ1) is 21.3. The predicted octanol–water partition coefficient (Wildman–Crippen LogP) is 6.46. The number of rotatable bonds is 5. The lowest BCUT2D eigenvalue weighted by molar-refractivity contribution is -0.274. The molecule has 31 heavy (non-hydrogen) atoms. The maximum absolute atomic E-state index is 14.5. The van der Waals surface area contributed by atoms with Gasteiger partial charge in [-0.05, 0) is 37.1 Å². The van der Waals surface area contributed by atoms with E-state index in [4.69, 9.17) is 4.98 Å². The van der Waals surface area contributed by atoms with Crippen LogP contribution in [-0.2, 0) is 0 Å². The molecule has 1 aromatic heterocycles. The molecular formula is C22H24F4N4O. The molecule has 1 saturated carbocycles. The number of nitrogens with one attached hydrogen (secondary N) is 2. The summed E-state index contributed by atoms with van der Waals surface area (Å²) in [7, 11) is 3.72. The smallest absolute Gasteiger partial charge is 0.406 e. The fourth-order valence-corrected chi connectivity index (χ4v) is 4.04.